The van der Waals surface area contributed by atoms with Crippen molar-refractivity contribution in [3.05, 3.63) is 32.4 Å². The number of fused-ring (bicyclic) bond motifs is 1. The van der Waals surface area contributed by atoms with E-state index in [1.165, 1.54) is 11.3 Å². The molecule has 4 heterocycles. The van der Waals surface area contributed by atoms with Crippen molar-refractivity contribution < 1.29 is 9.53 Å². The number of carbonyl (C=O) groups excluding carboxylic acids is 1. The normalized spacial score (nSPS) is 17.3. The smallest absolute Gasteiger partial charge is 0.273 e. The van der Waals surface area contributed by atoms with Gasteiger partial charge in [0, 0.05) is 32.7 Å². The highest BCUT2D eigenvalue weighted by atomic mass is 79.9. The lowest BCUT2D eigenvalue weighted by molar-refractivity contribution is 0.0682. The molecule has 0 aliphatic carbocycles. The van der Waals surface area contributed by atoms with Gasteiger partial charge in [-0.3, -0.25) is 4.79 Å². The summed E-state index contributed by atoms with van der Waals surface area (Å²) >= 11 is 4.88. The number of anilines is 1. The first-order valence-corrected chi connectivity index (χ1v) is 9.70. The van der Waals surface area contributed by atoms with Crippen LogP contribution < -0.4 is 4.90 Å². The number of ether oxygens (including phenoxy) is 1. The van der Waals surface area contributed by atoms with E-state index >= 15 is 0 Å². The van der Waals surface area contributed by atoms with E-state index in [0.29, 0.717) is 43.1 Å². The molecule has 0 radical (unpaired) electrons. The maximum Gasteiger partial charge on any atom is 0.273 e. The van der Waals surface area contributed by atoms with E-state index in [1.807, 2.05) is 20.9 Å². The molecule has 9 heteroatoms. The molecule has 1 saturated heterocycles. The van der Waals surface area contributed by atoms with Gasteiger partial charge in [-0.2, -0.15) is 5.26 Å². The highest BCUT2D eigenvalue weighted by Crippen LogP contribution is 2.27. The minimum atomic E-state index is -0.00185. The monoisotopic (exact) mass is 421 g/mol. The van der Waals surface area contributed by atoms with Crippen LogP contribution in [-0.2, 0) is 17.9 Å². The fourth-order valence-electron chi connectivity index (χ4n) is 3.28. The Balaban J connectivity index is 1.49. The van der Waals surface area contributed by atoms with Crippen LogP contribution in [0.2, 0.25) is 0 Å². The summed E-state index contributed by atoms with van der Waals surface area (Å²) in [7, 11) is 0. The van der Waals surface area contributed by atoms with Crippen LogP contribution in [0.4, 0.5) is 5.69 Å². The SMILES string of the molecule is N#Cc1sccc1N1CCN(C(=O)c2c(Br)nc3n2CCOC3)CC1. The minimum Gasteiger partial charge on any atom is -0.372 e. The molecule has 7 nitrogen and oxygen atoms in total. The molecule has 130 valence electrons. The number of rotatable bonds is 2. The van der Waals surface area contributed by atoms with Gasteiger partial charge in [0.25, 0.3) is 5.91 Å². The number of halogens is 1. The van der Waals surface area contributed by atoms with Gasteiger partial charge in [-0.1, -0.05) is 0 Å². The third-order valence-corrected chi connectivity index (χ3v) is 5.91. The number of hydrogen-bond donors (Lipinski definition) is 0. The number of piperazine rings is 1. The second-order valence-corrected chi connectivity index (χ2v) is 7.56. The summed E-state index contributed by atoms with van der Waals surface area (Å²) in [6.45, 7) is 4.38. The van der Waals surface area contributed by atoms with Crippen molar-refractivity contribution in [2.24, 2.45) is 0 Å². The van der Waals surface area contributed by atoms with Crippen LogP contribution in [0.3, 0.4) is 0 Å². The van der Waals surface area contributed by atoms with Crippen molar-refractivity contribution >= 4 is 38.9 Å². The number of nitriles is 1. The lowest BCUT2D eigenvalue weighted by Gasteiger charge is -2.36. The number of thiophene rings is 1. The zero-order valence-corrected chi connectivity index (χ0v) is 15.8. The summed E-state index contributed by atoms with van der Waals surface area (Å²) in [5, 5.41) is 11.1. The average molecular weight is 422 g/mol. The van der Waals surface area contributed by atoms with Crippen molar-refractivity contribution in [2.75, 3.05) is 37.7 Å². The lowest BCUT2D eigenvalue weighted by atomic mass is 10.2. The number of imidazole rings is 1. The van der Waals surface area contributed by atoms with Crippen LogP contribution in [0.1, 0.15) is 21.2 Å². The molecule has 2 aromatic heterocycles. The number of aromatic nitrogens is 2. The molecule has 1 fully saturated rings. The molecular weight excluding hydrogens is 406 g/mol. The molecule has 2 aliphatic rings. The van der Waals surface area contributed by atoms with Crippen LogP contribution in [0.15, 0.2) is 16.0 Å². The fraction of sp³-hybridized carbons (Fsp3) is 0.438. The molecule has 0 spiro atoms. The maximum atomic E-state index is 13.0. The Hall–Kier alpha value is -1.89. The third kappa shape index (κ3) is 2.94. The van der Waals surface area contributed by atoms with Crippen LogP contribution >= 0.6 is 27.3 Å². The Morgan fingerprint density at radius 1 is 1.32 bits per heavy atom. The highest BCUT2D eigenvalue weighted by Gasteiger charge is 2.30. The summed E-state index contributed by atoms with van der Waals surface area (Å²) in [4.78, 5) is 22.2. The van der Waals surface area contributed by atoms with E-state index in [9.17, 15) is 10.1 Å². The second kappa shape index (κ2) is 6.78. The zero-order chi connectivity index (χ0) is 17.4. The Kier molecular flexibility index (Phi) is 4.50. The Morgan fingerprint density at radius 2 is 2.12 bits per heavy atom. The van der Waals surface area contributed by atoms with E-state index in [1.54, 1.807) is 0 Å². The first-order chi connectivity index (χ1) is 12.2. The van der Waals surface area contributed by atoms with E-state index in [2.05, 4.69) is 31.9 Å². The summed E-state index contributed by atoms with van der Waals surface area (Å²) in [6, 6.07) is 4.21. The van der Waals surface area contributed by atoms with Gasteiger partial charge in [-0.25, -0.2) is 4.98 Å². The Morgan fingerprint density at radius 3 is 2.88 bits per heavy atom. The molecular formula is C16H16BrN5O2S. The van der Waals surface area contributed by atoms with E-state index in [4.69, 9.17) is 4.74 Å². The molecule has 25 heavy (non-hydrogen) atoms. The summed E-state index contributed by atoms with van der Waals surface area (Å²) in [5.41, 5.74) is 1.58. The van der Waals surface area contributed by atoms with Crippen molar-refractivity contribution in [2.45, 2.75) is 13.2 Å². The second-order valence-electron chi connectivity index (χ2n) is 5.90. The van der Waals surface area contributed by atoms with Crippen LogP contribution in [0.25, 0.3) is 0 Å². The predicted octanol–water partition coefficient (Wildman–Crippen LogP) is 2.07. The van der Waals surface area contributed by atoms with Crippen LogP contribution in [0, 0.1) is 11.3 Å². The fourth-order valence-corrected chi connectivity index (χ4v) is 4.57. The summed E-state index contributed by atoms with van der Waals surface area (Å²) in [6.07, 6.45) is 0. The molecule has 2 aromatic rings. The topological polar surface area (TPSA) is 74.4 Å². The van der Waals surface area contributed by atoms with Gasteiger partial charge >= 0.3 is 0 Å². The maximum absolute atomic E-state index is 13.0. The number of amides is 1. The number of carbonyl (C=O) groups is 1. The molecule has 0 unspecified atom stereocenters. The largest absolute Gasteiger partial charge is 0.372 e. The van der Waals surface area contributed by atoms with Gasteiger partial charge in [0.05, 0.1) is 12.3 Å². The number of nitrogens with zero attached hydrogens (tertiary/aromatic N) is 5. The van der Waals surface area contributed by atoms with E-state index in [0.717, 1.165) is 29.5 Å². The molecule has 0 aromatic carbocycles. The number of hydrogen-bond acceptors (Lipinski definition) is 6. The highest BCUT2D eigenvalue weighted by molar-refractivity contribution is 9.10. The van der Waals surface area contributed by atoms with Crippen LogP contribution in [0.5, 0.6) is 0 Å². The summed E-state index contributed by atoms with van der Waals surface area (Å²) in [5.74, 6) is 0.787. The van der Waals surface area contributed by atoms with Crippen molar-refractivity contribution in [3.8, 4) is 6.07 Å². The first kappa shape index (κ1) is 16.6. The van der Waals surface area contributed by atoms with Gasteiger partial charge in [0.1, 0.15) is 33.7 Å². The van der Waals surface area contributed by atoms with Crippen LogP contribution in [-0.4, -0.2) is 53.1 Å². The Labute approximate surface area is 157 Å². The van der Waals surface area contributed by atoms with E-state index < -0.39 is 0 Å². The predicted molar refractivity (Wildman–Crippen MR) is 96.7 cm³/mol. The molecule has 0 atom stereocenters. The summed E-state index contributed by atoms with van der Waals surface area (Å²) < 4.78 is 7.95. The molecule has 1 amide bonds. The third-order valence-electron chi connectivity index (χ3n) is 4.55. The standard InChI is InChI=1S/C16H16BrN5O2S/c17-15-14(22-6-7-24-10-13(22)19-15)16(23)21-4-2-20(3-5-21)11-1-8-25-12(11)9-18/h1,8H,2-7,10H2. The molecule has 4 rings (SSSR count). The van der Waals surface area contributed by atoms with Gasteiger partial charge in [0.2, 0.25) is 0 Å². The quantitative estimate of drug-likeness (QED) is 0.741. The van der Waals surface area contributed by atoms with Crippen molar-refractivity contribution in [1.82, 2.24) is 14.5 Å². The first-order valence-electron chi connectivity index (χ1n) is 8.03. The van der Waals surface area contributed by atoms with Gasteiger partial charge < -0.3 is 19.1 Å². The van der Waals surface area contributed by atoms with Gasteiger partial charge in [-0.15, -0.1) is 11.3 Å². The molecule has 2 aliphatic heterocycles. The van der Waals surface area contributed by atoms with Crippen molar-refractivity contribution in [3.63, 3.8) is 0 Å². The zero-order valence-electron chi connectivity index (χ0n) is 13.4. The van der Waals surface area contributed by atoms with Gasteiger partial charge in [0.15, 0.2) is 0 Å². The van der Waals surface area contributed by atoms with Crippen molar-refractivity contribution in [1.29, 1.82) is 5.26 Å². The van der Waals surface area contributed by atoms with Gasteiger partial charge in [-0.05, 0) is 27.4 Å². The molecule has 0 saturated carbocycles. The lowest BCUT2D eigenvalue weighted by Crippen LogP contribution is -2.49. The molecule has 0 bridgehead atoms. The molecule has 0 N–H and O–H groups in total. The van der Waals surface area contributed by atoms with E-state index in [-0.39, 0.29) is 5.91 Å². The Bertz CT molecular complexity index is 847. The minimum absolute atomic E-state index is 0.00185. The average Bonchev–Trinajstić information content (AvgIpc) is 3.24.